The second kappa shape index (κ2) is 7.23. The van der Waals surface area contributed by atoms with Crippen LogP contribution in [0.15, 0.2) is 36.4 Å². The van der Waals surface area contributed by atoms with Gasteiger partial charge in [-0.2, -0.15) is 5.26 Å². The molecule has 0 amide bonds. The second-order valence-corrected chi connectivity index (χ2v) is 4.57. The number of methoxy groups -OCH3 is 3. The van der Waals surface area contributed by atoms with E-state index >= 15 is 0 Å². The average molecular weight is 298 g/mol. The molecule has 2 aromatic rings. The van der Waals surface area contributed by atoms with E-state index in [1.807, 2.05) is 18.2 Å². The SMILES string of the molecule is COc1cc(OC)c(OC)cc1CNc1cccc(C#N)c1. The number of ether oxygens (including phenoxy) is 3. The first-order valence-corrected chi connectivity index (χ1v) is 6.74. The van der Waals surface area contributed by atoms with E-state index in [-0.39, 0.29) is 0 Å². The zero-order valence-electron chi connectivity index (χ0n) is 12.8. The van der Waals surface area contributed by atoms with Crippen molar-refractivity contribution in [3.8, 4) is 23.3 Å². The van der Waals surface area contributed by atoms with Crippen LogP contribution in [0, 0.1) is 11.3 Å². The van der Waals surface area contributed by atoms with Crippen LogP contribution in [0.5, 0.6) is 17.2 Å². The minimum Gasteiger partial charge on any atom is -0.496 e. The Morgan fingerprint density at radius 3 is 2.27 bits per heavy atom. The number of nitrogens with one attached hydrogen (secondary N) is 1. The molecule has 0 atom stereocenters. The van der Waals surface area contributed by atoms with E-state index in [4.69, 9.17) is 19.5 Å². The van der Waals surface area contributed by atoms with Gasteiger partial charge in [0.05, 0.1) is 33.0 Å². The van der Waals surface area contributed by atoms with Gasteiger partial charge in [0, 0.05) is 23.9 Å². The molecule has 22 heavy (non-hydrogen) atoms. The average Bonchev–Trinajstić information content (AvgIpc) is 2.59. The lowest BCUT2D eigenvalue weighted by Gasteiger charge is -2.15. The minimum absolute atomic E-state index is 0.540. The molecule has 5 heteroatoms. The van der Waals surface area contributed by atoms with E-state index in [0.717, 1.165) is 11.3 Å². The van der Waals surface area contributed by atoms with Gasteiger partial charge in [-0.25, -0.2) is 0 Å². The summed E-state index contributed by atoms with van der Waals surface area (Å²) in [5.41, 5.74) is 2.42. The molecule has 0 heterocycles. The summed E-state index contributed by atoms with van der Waals surface area (Å²) < 4.78 is 16.0. The highest BCUT2D eigenvalue weighted by Gasteiger charge is 2.11. The summed E-state index contributed by atoms with van der Waals surface area (Å²) in [6, 6.07) is 13.1. The maximum Gasteiger partial charge on any atom is 0.164 e. The summed E-state index contributed by atoms with van der Waals surface area (Å²) in [6.45, 7) is 0.540. The molecule has 0 aromatic heterocycles. The van der Waals surface area contributed by atoms with Crippen molar-refractivity contribution in [1.82, 2.24) is 0 Å². The third-order valence-electron chi connectivity index (χ3n) is 3.26. The van der Waals surface area contributed by atoms with E-state index in [2.05, 4.69) is 11.4 Å². The van der Waals surface area contributed by atoms with Gasteiger partial charge in [-0.3, -0.25) is 0 Å². The molecule has 0 aliphatic rings. The predicted octanol–water partition coefficient (Wildman–Crippen LogP) is 3.20. The maximum atomic E-state index is 8.93. The summed E-state index contributed by atoms with van der Waals surface area (Å²) in [4.78, 5) is 0. The smallest absolute Gasteiger partial charge is 0.164 e. The Balaban J connectivity index is 2.23. The van der Waals surface area contributed by atoms with Crippen LogP contribution >= 0.6 is 0 Å². The molecule has 0 fully saturated rings. The first-order chi connectivity index (χ1) is 10.7. The maximum absolute atomic E-state index is 8.93. The fourth-order valence-electron chi connectivity index (χ4n) is 2.13. The lowest BCUT2D eigenvalue weighted by molar-refractivity contribution is 0.347. The van der Waals surface area contributed by atoms with Crippen LogP contribution in [0.4, 0.5) is 5.69 Å². The van der Waals surface area contributed by atoms with E-state index in [1.165, 1.54) is 0 Å². The molecule has 2 aromatic carbocycles. The van der Waals surface area contributed by atoms with Crippen molar-refractivity contribution in [2.75, 3.05) is 26.6 Å². The van der Waals surface area contributed by atoms with Gasteiger partial charge in [-0.1, -0.05) is 6.07 Å². The van der Waals surface area contributed by atoms with Crippen molar-refractivity contribution >= 4 is 5.69 Å². The van der Waals surface area contributed by atoms with Gasteiger partial charge < -0.3 is 19.5 Å². The van der Waals surface area contributed by atoms with Crippen molar-refractivity contribution in [2.45, 2.75) is 6.54 Å². The topological polar surface area (TPSA) is 63.5 Å². The standard InChI is InChI=1S/C17H18N2O3/c1-20-15-9-17(22-3)16(21-2)8-13(15)11-19-14-6-4-5-12(7-14)10-18/h4-9,19H,11H2,1-3H3. The predicted molar refractivity (Wildman–Crippen MR) is 84.6 cm³/mol. The molecule has 0 spiro atoms. The van der Waals surface area contributed by atoms with Gasteiger partial charge in [0.25, 0.3) is 0 Å². The molecular weight excluding hydrogens is 280 g/mol. The highest BCUT2D eigenvalue weighted by atomic mass is 16.5. The minimum atomic E-state index is 0.540. The van der Waals surface area contributed by atoms with Gasteiger partial charge in [-0.15, -0.1) is 0 Å². The summed E-state index contributed by atoms with van der Waals surface area (Å²) in [7, 11) is 4.79. The van der Waals surface area contributed by atoms with Crippen molar-refractivity contribution in [2.24, 2.45) is 0 Å². The van der Waals surface area contributed by atoms with E-state index in [9.17, 15) is 0 Å². The third-order valence-corrected chi connectivity index (χ3v) is 3.26. The van der Waals surface area contributed by atoms with Gasteiger partial charge in [0.1, 0.15) is 5.75 Å². The van der Waals surface area contributed by atoms with Crippen molar-refractivity contribution in [3.05, 3.63) is 47.5 Å². The number of hydrogen-bond acceptors (Lipinski definition) is 5. The van der Waals surface area contributed by atoms with Gasteiger partial charge >= 0.3 is 0 Å². The van der Waals surface area contributed by atoms with E-state index < -0.39 is 0 Å². The Bertz CT molecular complexity index is 693. The normalized spacial score (nSPS) is 9.73. The Labute approximate surface area is 130 Å². The van der Waals surface area contributed by atoms with Gasteiger partial charge in [-0.05, 0) is 24.3 Å². The molecule has 0 saturated heterocycles. The molecule has 0 aliphatic carbocycles. The molecule has 0 aliphatic heterocycles. The molecule has 114 valence electrons. The van der Waals surface area contributed by atoms with Crippen LogP contribution in [-0.4, -0.2) is 21.3 Å². The zero-order valence-corrected chi connectivity index (χ0v) is 12.8. The van der Waals surface area contributed by atoms with Crippen molar-refractivity contribution in [3.63, 3.8) is 0 Å². The Hall–Kier alpha value is -2.87. The van der Waals surface area contributed by atoms with Crippen LogP contribution in [0.2, 0.25) is 0 Å². The van der Waals surface area contributed by atoms with E-state index in [1.54, 1.807) is 39.5 Å². The van der Waals surface area contributed by atoms with Crippen LogP contribution in [0.3, 0.4) is 0 Å². The van der Waals surface area contributed by atoms with Gasteiger partial charge in [0.2, 0.25) is 0 Å². The van der Waals surface area contributed by atoms with Crippen LogP contribution in [-0.2, 0) is 6.54 Å². The molecule has 2 rings (SSSR count). The Kier molecular flexibility index (Phi) is 5.10. The number of anilines is 1. The van der Waals surface area contributed by atoms with Crippen molar-refractivity contribution < 1.29 is 14.2 Å². The molecule has 0 bridgehead atoms. The molecule has 1 N–H and O–H groups in total. The lowest BCUT2D eigenvalue weighted by atomic mass is 10.1. The number of benzene rings is 2. The molecule has 5 nitrogen and oxygen atoms in total. The van der Waals surface area contributed by atoms with Crippen LogP contribution in [0.25, 0.3) is 0 Å². The number of nitrogens with zero attached hydrogens (tertiary/aromatic N) is 1. The first kappa shape index (κ1) is 15.5. The lowest BCUT2D eigenvalue weighted by Crippen LogP contribution is -2.03. The highest BCUT2D eigenvalue weighted by molar-refractivity contribution is 5.54. The quantitative estimate of drug-likeness (QED) is 0.887. The molecule has 0 radical (unpaired) electrons. The Morgan fingerprint density at radius 1 is 0.955 bits per heavy atom. The zero-order chi connectivity index (χ0) is 15.9. The molecular formula is C17H18N2O3. The fourth-order valence-corrected chi connectivity index (χ4v) is 2.13. The summed E-state index contributed by atoms with van der Waals surface area (Å²) in [6.07, 6.45) is 0. The number of hydrogen-bond donors (Lipinski definition) is 1. The molecule has 0 saturated carbocycles. The van der Waals surface area contributed by atoms with E-state index in [0.29, 0.717) is 29.4 Å². The monoisotopic (exact) mass is 298 g/mol. The largest absolute Gasteiger partial charge is 0.496 e. The highest BCUT2D eigenvalue weighted by Crippen LogP contribution is 2.34. The molecule has 0 unspecified atom stereocenters. The fraction of sp³-hybridized carbons (Fsp3) is 0.235. The van der Waals surface area contributed by atoms with Crippen LogP contribution < -0.4 is 19.5 Å². The first-order valence-electron chi connectivity index (χ1n) is 6.74. The van der Waals surface area contributed by atoms with Crippen LogP contribution in [0.1, 0.15) is 11.1 Å². The second-order valence-electron chi connectivity index (χ2n) is 4.57. The number of nitriles is 1. The summed E-state index contributed by atoms with van der Waals surface area (Å²) >= 11 is 0. The van der Waals surface area contributed by atoms with Crippen molar-refractivity contribution in [1.29, 1.82) is 5.26 Å². The number of rotatable bonds is 6. The summed E-state index contributed by atoms with van der Waals surface area (Å²) in [5, 5.41) is 12.2. The third kappa shape index (κ3) is 3.41. The van der Waals surface area contributed by atoms with Gasteiger partial charge in [0.15, 0.2) is 11.5 Å². The summed E-state index contributed by atoms with van der Waals surface area (Å²) in [5.74, 6) is 1.97. The Morgan fingerprint density at radius 2 is 1.64 bits per heavy atom.